The van der Waals surface area contributed by atoms with Gasteiger partial charge in [0, 0.05) is 31.0 Å². The van der Waals surface area contributed by atoms with E-state index in [2.05, 4.69) is 48.1 Å². The highest BCUT2D eigenvalue weighted by atomic mass is 15.2. The highest BCUT2D eigenvalue weighted by Crippen LogP contribution is 2.29. The summed E-state index contributed by atoms with van der Waals surface area (Å²) in [5, 5.41) is 3.36. The molecule has 1 aliphatic carbocycles. The Kier molecular flexibility index (Phi) is 5.84. The summed E-state index contributed by atoms with van der Waals surface area (Å²) in [5.74, 6) is 0.695. The van der Waals surface area contributed by atoms with Gasteiger partial charge in [0.05, 0.1) is 5.69 Å². The van der Waals surface area contributed by atoms with E-state index in [1.54, 1.807) is 0 Å². The minimum atomic E-state index is 0.695. The Bertz CT molecular complexity index is 397. The van der Waals surface area contributed by atoms with E-state index in [0.717, 1.165) is 31.4 Å². The van der Waals surface area contributed by atoms with Gasteiger partial charge in [0.1, 0.15) is 0 Å². The third-order valence-electron chi connectivity index (χ3n) is 4.02. The SMILES string of the molecule is CCNCc1cc(N(CC(C)C)C2CCCC2)ccn1. The van der Waals surface area contributed by atoms with Gasteiger partial charge in [0.25, 0.3) is 0 Å². The molecule has 0 unspecified atom stereocenters. The first kappa shape index (κ1) is 15.3. The van der Waals surface area contributed by atoms with Crippen molar-refractivity contribution < 1.29 is 0 Å². The number of nitrogens with one attached hydrogen (secondary N) is 1. The van der Waals surface area contributed by atoms with E-state index in [9.17, 15) is 0 Å². The van der Waals surface area contributed by atoms with Gasteiger partial charge in [0.15, 0.2) is 0 Å². The second kappa shape index (κ2) is 7.63. The molecule has 0 radical (unpaired) electrons. The molecule has 20 heavy (non-hydrogen) atoms. The maximum atomic E-state index is 4.48. The standard InChI is InChI=1S/C17H29N3/c1-4-18-12-15-11-17(9-10-19-15)20(13-14(2)3)16-7-5-6-8-16/h9-11,14,16,18H,4-8,12-13H2,1-3H3. The van der Waals surface area contributed by atoms with Crippen molar-refractivity contribution in [1.82, 2.24) is 10.3 Å². The lowest BCUT2D eigenvalue weighted by Crippen LogP contribution is -2.36. The molecule has 1 saturated carbocycles. The van der Waals surface area contributed by atoms with Gasteiger partial charge >= 0.3 is 0 Å². The van der Waals surface area contributed by atoms with Gasteiger partial charge in [-0.25, -0.2) is 0 Å². The van der Waals surface area contributed by atoms with Crippen molar-refractivity contribution in [3.05, 3.63) is 24.0 Å². The van der Waals surface area contributed by atoms with Gasteiger partial charge in [0.2, 0.25) is 0 Å². The molecule has 1 aromatic rings. The monoisotopic (exact) mass is 275 g/mol. The second-order valence-corrected chi connectivity index (χ2v) is 6.27. The normalized spacial score (nSPS) is 16.0. The molecule has 0 amide bonds. The molecule has 1 aromatic heterocycles. The van der Waals surface area contributed by atoms with E-state index in [-0.39, 0.29) is 0 Å². The summed E-state index contributed by atoms with van der Waals surface area (Å²) < 4.78 is 0. The van der Waals surface area contributed by atoms with E-state index in [4.69, 9.17) is 0 Å². The molecule has 0 bridgehead atoms. The Balaban J connectivity index is 2.14. The molecule has 0 spiro atoms. The molecule has 2 rings (SSSR count). The van der Waals surface area contributed by atoms with Crippen molar-refractivity contribution in [2.24, 2.45) is 5.92 Å². The van der Waals surface area contributed by atoms with Crippen molar-refractivity contribution in [3.8, 4) is 0 Å². The second-order valence-electron chi connectivity index (χ2n) is 6.27. The van der Waals surface area contributed by atoms with Crippen molar-refractivity contribution in [2.75, 3.05) is 18.0 Å². The van der Waals surface area contributed by atoms with E-state index in [1.165, 1.54) is 31.4 Å². The van der Waals surface area contributed by atoms with Crippen molar-refractivity contribution in [3.63, 3.8) is 0 Å². The first-order valence-corrected chi connectivity index (χ1v) is 8.13. The molecule has 0 aromatic carbocycles. The van der Waals surface area contributed by atoms with Crippen LogP contribution in [0.25, 0.3) is 0 Å². The Hall–Kier alpha value is -1.09. The first-order chi connectivity index (χ1) is 9.70. The zero-order chi connectivity index (χ0) is 14.4. The van der Waals surface area contributed by atoms with Crippen LogP contribution >= 0.6 is 0 Å². The molecular formula is C17H29N3. The predicted octanol–water partition coefficient (Wildman–Crippen LogP) is 3.60. The van der Waals surface area contributed by atoms with E-state index in [1.807, 2.05) is 6.20 Å². The largest absolute Gasteiger partial charge is 0.368 e. The minimum absolute atomic E-state index is 0.695. The molecule has 1 fully saturated rings. The summed E-state index contributed by atoms with van der Waals surface area (Å²) in [4.78, 5) is 7.10. The molecule has 0 aliphatic heterocycles. The molecule has 1 N–H and O–H groups in total. The van der Waals surface area contributed by atoms with Crippen LogP contribution in [0.1, 0.15) is 52.1 Å². The third kappa shape index (κ3) is 4.20. The van der Waals surface area contributed by atoms with Crippen LogP contribution in [0.5, 0.6) is 0 Å². The Morgan fingerprint density at radius 1 is 1.35 bits per heavy atom. The van der Waals surface area contributed by atoms with Crippen molar-refractivity contribution in [2.45, 2.75) is 59.0 Å². The summed E-state index contributed by atoms with van der Waals surface area (Å²) in [6, 6.07) is 5.17. The number of nitrogens with zero attached hydrogens (tertiary/aromatic N) is 2. The molecule has 1 aliphatic rings. The summed E-state index contributed by atoms with van der Waals surface area (Å²) in [6.45, 7) is 9.75. The average molecular weight is 275 g/mol. The van der Waals surface area contributed by atoms with Crippen LogP contribution in [0, 0.1) is 5.92 Å². The molecule has 3 nitrogen and oxygen atoms in total. The van der Waals surface area contributed by atoms with Crippen LogP contribution in [0.15, 0.2) is 18.3 Å². The quantitative estimate of drug-likeness (QED) is 0.824. The molecule has 112 valence electrons. The fourth-order valence-corrected chi connectivity index (χ4v) is 3.07. The van der Waals surface area contributed by atoms with E-state index >= 15 is 0 Å². The summed E-state index contributed by atoms with van der Waals surface area (Å²) >= 11 is 0. The lowest BCUT2D eigenvalue weighted by atomic mass is 10.1. The first-order valence-electron chi connectivity index (χ1n) is 8.13. The Morgan fingerprint density at radius 2 is 2.10 bits per heavy atom. The number of anilines is 1. The maximum Gasteiger partial charge on any atom is 0.0562 e. The molecule has 3 heteroatoms. The van der Waals surface area contributed by atoms with Crippen LogP contribution in [0.3, 0.4) is 0 Å². The van der Waals surface area contributed by atoms with E-state index < -0.39 is 0 Å². The van der Waals surface area contributed by atoms with Crippen LogP contribution in [0.4, 0.5) is 5.69 Å². The Labute approximate surface area is 123 Å². The summed E-state index contributed by atoms with van der Waals surface area (Å²) in [7, 11) is 0. The average Bonchev–Trinajstić information content (AvgIpc) is 2.96. The van der Waals surface area contributed by atoms with Crippen LogP contribution in [-0.2, 0) is 6.54 Å². The van der Waals surface area contributed by atoms with Crippen LogP contribution in [0.2, 0.25) is 0 Å². The van der Waals surface area contributed by atoms with Gasteiger partial charge in [-0.15, -0.1) is 0 Å². The third-order valence-corrected chi connectivity index (χ3v) is 4.02. The summed E-state index contributed by atoms with van der Waals surface area (Å²) in [6.07, 6.45) is 7.42. The van der Waals surface area contributed by atoms with E-state index in [0.29, 0.717) is 5.92 Å². The lowest BCUT2D eigenvalue weighted by molar-refractivity contribution is 0.535. The van der Waals surface area contributed by atoms with Crippen LogP contribution in [-0.4, -0.2) is 24.1 Å². The number of aromatic nitrogens is 1. The number of pyridine rings is 1. The van der Waals surface area contributed by atoms with Gasteiger partial charge in [-0.2, -0.15) is 0 Å². The molecule has 0 saturated heterocycles. The smallest absolute Gasteiger partial charge is 0.0562 e. The summed E-state index contributed by atoms with van der Waals surface area (Å²) in [5.41, 5.74) is 2.50. The maximum absolute atomic E-state index is 4.48. The van der Waals surface area contributed by atoms with Gasteiger partial charge in [-0.1, -0.05) is 33.6 Å². The topological polar surface area (TPSA) is 28.2 Å². The highest BCUT2D eigenvalue weighted by molar-refractivity contribution is 5.48. The van der Waals surface area contributed by atoms with Gasteiger partial charge in [-0.05, 0) is 37.4 Å². The molecular weight excluding hydrogens is 246 g/mol. The van der Waals surface area contributed by atoms with Crippen molar-refractivity contribution >= 4 is 5.69 Å². The zero-order valence-electron chi connectivity index (χ0n) is 13.2. The molecule has 0 atom stereocenters. The van der Waals surface area contributed by atoms with Crippen LogP contribution < -0.4 is 10.2 Å². The fraction of sp³-hybridized carbons (Fsp3) is 0.706. The lowest BCUT2D eigenvalue weighted by Gasteiger charge is -2.33. The highest BCUT2D eigenvalue weighted by Gasteiger charge is 2.23. The number of hydrogen-bond acceptors (Lipinski definition) is 3. The molecule has 1 heterocycles. The Morgan fingerprint density at radius 3 is 2.75 bits per heavy atom. The van der Waals surface area contributed by atoms with Gasteiger partial charge < -0.3 is 10.2 Å². The zero-order valence-corrected chi connectivity index (χ0v) is 13.2. The number of hydrogen-bond donors (Lipinski definition) is 1. The predicted molar refractivity (Wildman–Crippen MR) is 86.1 cm³/mol. The van der Waals surface area contributed by atoms with Crippen molar-refractivity contribution in [1.29, 1.82) is 0 Å². The van der Waals surface area contributed by atoms with Gasteiger partial charge in [-0.3, -0.25) is 4.98 Å². The minimum Gasteiger partial charge on any atom is -0.368 e. The number of rotatable bonds is 7. The fourth-order valence-electron chi connectivity index (χ4n) is 3.07.